The van der Waals surface area contributed by atoms with E-state index in [-0.39, 0.29) is 12.5 Å². The number of rotatable bonds is 8. The summed E-state index contributed by atoms with van der Waals surface area (Å²) in [5, 5.41) is 5.77. The van der Waals surface area contributed by atoms with Gasteiger partial charge in [0.15, 0.2) is 0 Å². The Bertz CT molecular complexity index is 382. The molecule has 0 radical (unpaired) electrons. The lowest BCUT2D eigenvalue weighted by Gasteiger charge is -2.15. The smallest absolute Gasteiger partial charge is 0.239 e. The molecule has 0 aromatic carbocycles. The molecule has 2 N–H and O–H groups in total. The molecule has 0 spiro atoms. The number of amides is 1. The molecule has 1 rings (SSSR count). The van der Waals surface area contributed by atoms with Crippen molar-refractivity contribution in [2.24, 2.45) is 0 Å². The highest BCUT2D eigenvalue weighted by Crippen LogP contribution is 2.04. The van der Waals surface area contributed by atoms with Crippen molar-refractivity contribution in [3.05, 3.63) is 18.0 Å². The second kappa shape index (κ2) is 8.39. The van der Waals surface area contributed by atoms with Crippen LogP contribution in [0.1, 0.15) is 5.56 Å². The van der Waals surface area contributed by atoms with Gasteiger partial charge >= 0.3 is 0 Å². The van der Waals surface area contributed by atoms with E-state index in [1.54, 1.807) is 38.5 Å². The third kappa shape index (κ3) is 5.62. The molecule has 1 amide bonds. The maximum absolute atomic E-state index is 11.2. The van der Waals surface area contributed by atoms with E-state index in [1.807, 2.05) is 0 Å². The summed E-state index contributed by atoms with van der Waals surface area (Å²) in [6.07, 6.45) is 3.50. The van der Waals surface area contributed by atoms with Crippen LogP contribution < -0.4 is 15.5 Å². The van der Waals surface area contributed by atoms with Gasteiger partial charge in [-0.25, -0.2) is 9.97 Å². The Morgan fingerprint density at radius 3 is 2.68 bits per heavy atom. The Kier molecular flexibility index (Phi) is 6.76. The second-order valence-electron chi connectivity index (χ2n) is 4.09. The molecule has 19 heavy (non-hydrogen) atoms. The van der Waals surface area contributed by atoms with Gasteiger partial charge in [-0.3, -0.25) is 4.79 Å². The Morgan fingerprint density at radius 2 is 2.11 bits per heavy atom. The third-order valence-corrected chi connectivity index (χ3v) is 2.50. The first kappa shape index (κ1) is 15.3. The number of nitrogens with zero attached hydrogens (tertiary/aromatic N) is 3. The molecule has 0 saturated heterocycles. The summed E-state index contributed by atoms with van der Waals surface area (Å²) in [5.41, 5.74) is 0.994. The van der Waals surface area contributed by atoms with Crippen LogP contribution in [0.3, 0.4) is 0 Å². The van der Waals surface area contributed by atoms with E-state index in [2.05, 4.69) is 20.6 Å². The quantitative estimate of drug-likeness (QED) is 0.612. The molecule has 0 atom stereocenters. The number of ether oxygens (including phenoxy) is 1. The van der Waals surface area contributed by atoms with E-state index in [0.29, 0.717) is 19.1 Å². The molecule has 0 aliphatic carbocycles. The number of anilines is 1. The molecular formula is C12H21N5O2. The first-order valence-corrected chi connectivity index (χ1v) is 6.09. The van der Waals surface area contributed by atoms with Gasteiger partial charge in [0.1, 0.15) is 0 Å². The molecule has 106 valence electrons. The molecule has 1 aromatic heterocycles. The van der Waals surface area contributed by atoms with Crippen LogP contribution in [0.4, 0.5) is 5.95 Å². The normalized spacial score (nSPS) is 10.3. The summed E-state index contributed by atoms with van der Waals surface area (Å²) < 4.78 is 4.94. The maximum Gasteiger partial charge on any atom is 0.239 e. The van der Waals surface area contributed by atoms with Crippen molar-refractivity contribution < 1.29 is 9.53 Å². The number of carbonyl (C=O) groups excluding carboxylic acids is 1. The van der Waals surface area contributed by atoms with E-state index in [0.717, 1.165) is 12.1 Å². The zero-order valence-corrected chi connectivity index (χ0v) is 11.6. The van der Waals surface area contributed by atoms with Gasteiger partial charge in [-0.1, -0.05) is 0 Å². The standard InChI is InChI=1S/C12H21N5O2/c1-13-11(18)9-17(2)12-15-7-10(8-16-12)6-14-4-5-19-3/h7-8,14H,4-6,9H2,1-3H3,(H,13,18). The zero-order chi connectivity index (χ0) is 14.1. The minimum Gasteiger partial charge on any atom is -0.383 e. The molecule has 0 fully saturated rings. The Morgan fingerprint density at radius 1 is 1.42 bits per heavy atom. The van der Waals surface area contributed by atoms with Crippen molar-refractivity contribution in [2.75, 3.05) is 45.8 Å². The van der Waals surface area contributed by atoms with Gasteiger partial charge in [0.25, 0.3) is 0 Å². The van der Waals surface area contributed by atoms with Crippen molar-refractivity contribution in [3.63, 3.8) is 0 Å². The maximum atomic E-state index is 11.2. The number of carbonyl (C=O) groups is 1. The number of methoxy groups -OCH3 is 1. The molecular weight excluding hydrogens is 246 g/mol. The first-order valence-electron chi connectivity index (χ1n) is 6.09. The third-order valence-electron chi connectivity index (χ3n) is 2.50. The van der Waals surface area contributed by atoms with Crippen LogP contribution in [0.2, 0.25) is 0 Å². The number of likely N-dealkylation sites (N-methyl/N-ethyl adjacent to an activating group) is 2. The molecule has 0 saturated carbocycles. The highest BCUT2D eigenvalue weighted by molar-refractivity contribution is 5.80. The topological polar surface area (TPSA) is 79.4 Å². The largest absolute Gasteiger partial charge is 0.383 e. The van der Waals surface area contributed by atoms with E-state index in [9.17, 15) is 4.79 Å². The Balaban J connectivity index is 2.44. The van der Waals surface area contributed by atoms with Crippen molar-refractivity contribution >= 4 is 11.9 Å². The minimum atomic E-state index is -0.0728. The van der Waals surface area contributed by atoms with Crippen molar-refractivity contribution in [1.82, 2.24) is 20.6 Å². The summed E-state index contributed by atoms with van der Waals surface area (Å²) >= 11 is 0. The monoisotopic (exact) mass is 267 g/mol. The van der Waals surface area contributed by atoms with E-state index >= 15 is 0 Å². The van der Waals surface area contributed by atoms with Gasteiger partial charge in [-0.2, -0.15) is 0 Å². The highest BCUT2D eigenvalue weighted by atomic mass is 16.5. The summed E-state index contributed by atoms with van der Waals surface area (Å²) in [7, 11) is 5.05. The molecule has 0 aliphatic rings. The predicted molar refractivity (Wildman–Crippen MR) is 73.0 cm³/mol. The Labute approximate surface area is 113 Å². The molecule has 0 unspecified atom stereocenters. The molecule has 0 aliphatic heterocycles. The lowest BCUT2D eigenvalue weighted by Crippen LogP contribution is -2.33. The summed E-state index contributed by atoms with van der Waals surface area (Å²) in [4.78, 5) is 21.4. The van der Waals surface area contributed by atoms with Crippen molar-refractivity contribution in [2.45, 2.75) is 6.54 Å². The second-order valence-corrected chi connectivity index (χ2v) is 4.09. The average Bonchev–Trinajstić information content (AvgIpc) is 2.44. The van der Waals surface area contributed by atoms with Crippen LogP contribution in [0.15, 0.2) is 12.4 Å². The van der Waals surface area contributed by atoms with Gasteiger partial charge < -0.3 is 20.3 Å². The SMILES string of the molecule is CNC(=O)CN(C)c1ncc(CNCCOC)cn1. The van der Waals surface area contributed by atoms with Gasteiger partial charge in [-0.05, 0) is 0 Å². The fourth-order valence-electron chi connectivity index (χ4n) is 1.41. The number of aromatic nitrogens is 2. The minimum absolute atomic E-state index is 0.0728. The van der Waals surface area contributed by atoms with Gasteiger partial charge in [0.2, 0.25) is 11.9 Å². The first-order chi connectivity index (χ1) is 9.17. The van der Waals surface area contributed by atoms with Crippen LogP contribution in [0, 0.1) is 0 Å². The predicted octanol–water partition coefficient (Wildman–Crippen LogP) is -0.605. The number of hydrogen-bond donors (Lipinski definition) is 2. The van der Waals surface area contributed by atoms with E-state index in [1.165, 1.54) is 0 Å². The van der Waals surface area contributed by atoms with Gasteiger partial charge in [-0.15, -0.1) is 0 Å². The molecule has 7 heteroatoms. The summed E-state index contributed by atoms with van der Waals surface area (Å²) in [6, 6.07) is 0. The van der Waals surface area contributed by atoms with Crippen LogP contribution in [0.5, 0.6) is 0 Å². The highest BCUT2D eigenvalue weighted by Gasteiger charge is 2.08. The number of hydrogen-bond acceptors (Lipinski definition) is 6. The number of nitrogens with one attached hydrogen (secondary N) is 2. The lowest BCUT2D eigenvalue weighted by molar-refractivity contribution is -0.119. The van der Waals surface area contributed by atoms with Crippen molar-refractivity contribution in [3.8, 4) is 0 Å². The van der Waals surface area contributed by atoms with Crippen LogP contribution in [-0.4, -0.2) is 56.8 Å². The van der Waals surface area contributed by atoms with Crippen LogP contribution >= 0.6 is 0 Å². The lowest BCUT2D eigenvalue weighted by atomic mass is 10.3. The van der Waals surface area contributed by atoms with Crippen LogP contribution in [0.25, 0.3) is 0 Å². The summed E-state index contributed by atoms with van der Waals surface area (Å²) in [6.45, 7) is 2.40. The van der Waals surface area contributed by atoms with Gasteiger partial charge in [0.05, 0.1) is 13.2 Å². The van der Waals surface area contributed by atoms with Gasteiger partial charge in [0, 0.05) is 52.3 Å². The van der Waals surface area contributed by atoms with E-state index in [4.69, 9.17) is 4.74 Å². The van der Waals surface area contributed by atoms with Crippen molar-refractivity contribution in [1.29, 1.82) is 0 Å². The molecule has 1 aromatic rings. The zero-order valence-electron chi connectivity index (χ0n) is 11.6. The molecule has 7 nitrogen and oxygen atoms in total. The molecule has 0 bridgehead atoms. The fourth-order valence-corrected chi connectivity index (χ4v) is 1.41. The fraction of sp³-hybridized carbons (Fsp3) is 0.583. The summed E-state index contributed by atoms with van der Waals surface area (Å²) in [5.74, 6) is 0.459. The molecule has 1 heterocycles. The average molecular weight is 267 g/mol. The van der Waals surface area contributed by atoms with Crippen LogP contribution in [-0.2, 0) is 16.1 Å². The van der Waals surface area contributed by atoms with E-state index < -0.39 is 0 Å². The Hall–Kier alpha value is -1.73.